The van der Waals surface area contributed by atoms with Crippen LogP contribution in [0.25, 0.3) is 0 Å². The molecular formula is C21H32N2O2. The van der Waals surface area contributed by atoms with E-state index in [1.807, 2.05) is 6.20 Å². The molecule has 4 saturated carbocycles. The van der Waals surface area contributed by atoms with E-state index in [1.165, 1.54) is 25.7 Å². The van der Waals surface area contributed by atoms with Crippen molar-refractivity contribution in [2.45, 2.75) is 83.5 Å². The minimum absolute atomic E-state index is 0.0874. The van der Waals surface area contributed by atoms with Gasteiger partial charge >= 0.3 is 0 Å². The maximum absolute atomic E-state index is 11.0. The third kappa shape index (κ3) is 1.91. The fraction of sp³-hybridized carbons (Fsp3) is 0.905. The van der Waals surface area contributed by atoms with E-state index in [-0.39, 0.29) is 10.8 Å². The van der Waals surface area contributed by atoms with E-state index in [2.05, 4.69) is 31.0 Å². The van der Waals surface area contributed by atoms with Crippen LogP contribution in [0.2, 0.25) is 0 Å². The van der Waals surface area contributed by atoms with Crippen LogP contribution >= 0.6 is 0 Å². The van der Waals surface area contributed by atoms with Gasteiger partial charge in [-0.15, -0.1) is 5.11 Å². The summed E-state index contributed by atoms with van der Waals surface area (Å²) in [6.45, 7) is 6.91. The van der Waals surface area contributed by atoms with E-state index in [1.54, 1.807) is 0 Å². The molecule has 138 valence electrons. The lowest BCUT2D eigenvalue weighted by atomic mass is 9.43. The summed E-state index contributed by atoms with van der Waals surface area (Å²) in [7, 11) is 0. The molecule has 0 aromatic carbocycles. The van der Waals surface area contributed by atoms with Gasteiger partial charge in [-0.1, -0.05) is 13.8 Å². The van der Waals surface area contributed by atoms with Gasteiger partial charge in [0.25, 0.3) is 0 Å². The first-order valence-corrected chi connectivity index (χ1v) is 10.3. The van der Waals surface area contributed by atoms with Crippen LogP contribution in [0, 0.1) is 34.5 Å². The Kier molecular flexibility index (Phi) is 3.12. The van der Waals surface area contributed by atoms with E-state index >= 15 is 0 Å². The van der Waals surface area contributed by atoms with Crippen molar-refractivity contribution in [2.75, 3.05) is 0 Å². The Morgan fingerprint density at radius 2 is 1.76 bits per heavy atom. The van der Waals surface area contributed by atoms with Crippen molar-refractivity contribution in [3.05, 3.63) is 11.8 Å². The first-order valence-electron chi connectivity index (χ1n) is 10.3. The third-order valence-electron chi connectivity index (χ3n) is 9.68. The maximum atomic E-state index is 11.0. The Morgan fingerprint density at radius 1 is 1.00 bits per heavy atom. The van der Waals surface area contributed by atoms with Crippen LogP contribution in [0.1, 0.15) is 72.1 Å². The molecule has 1 unspecified atom stereocenters. The fourth-order valence-electron chi connectivity index (χ4n) is 7.86. The summed E-state index contributed by atoms with van der Waals surface area (Å²) in [4.78, 5) is 0. The lowest BCUT2D eigenvalue weighted by Crippen LogP contribution is -2.57. The minimum Gasteiger partial charge on any atom is -0.390 e. The van der Waals surface area contributed by atoms with Gasteiger partial charge in [-0.25, -0.2) is 0 Å². The second-order valence-electron chi connectivity index (χ2n) is 10.5. The van der Waals surface area contributed by atoms with E-state index in [0.717, 1.165) is 37.2 Å². The zero-order valence-corrected chi connectivity index (χ0v) is 15.8. The molecule has 1 heterocycles. The van der Waals surface area contributed by atoms with Crippen molar-refractivity contribution in [3.8, 4) is 0 Å². The lowest BCUT2D eigenvalue weighted by molar-refractivity contribution is -0.153. The van der Waals surface area contributed by atoms with E-state index < -0.39 is 11.3 Å². The van der Waals surface area contributed by atoms with E-state index in [4.69, 9.17) is 0 Å². The van der Waals surface area contributed by atoms with Crippen molar-refractivity contribution in [1.82, 2.24) is 0 Å². The summed E-state index contributed by atoms with van der Waals surface area (Å²) in [6.07, 6.45) is 10.5. The van der Waals surface area contributed by atoms with Crippen molar-refractivity contribution in [2.24, 2.45) is 44.7 Å². The monoisotopic (exact) mass is 344 g/mol. The summed E-state index contributed by atoms with van der Waals surface area (Å²) in [6, 6.07) is 0. The van der Waals surface area contributed by atoms with Crippen molar-refractivity contribution in [3.63, 3.8) is 0 Å². The van der Waals surface area contributed by atoms with Crippen molar-refractivity contribution >= 4 is 0 Å². The zero-order chi connectivity index (χ0) is 17.7. The summed E-state index contributed by atoms with van der Waals surface area (Å²) in [5.74, 6) is 2.64. The van der Waals surface area contributed by atoms with Gasteiger partial charge in [0, 0.05) is 12.0 Å². The van der Waals surface area contributed by atoms with Crippen molar-refractivity contribution < 1.29 is 10.2 Å². The standard InChI is InChI=1S/C21H32N2O2/c1-18-10-14-12-22-23-21(14,25)11-13(18)4-5-15-16(18)6-8-19(2)17(15)7-9-20(19,3)24/h12-13,15-17,24-25H,4-11H2,1-3H3/t13-,15+,16-,17-,18-,19-,20-,21?/m0/s1. The van der Waals surface area contributed by atoms with Gasteiger partial charge in [0.1, 0.15) is 0 Å². The number of nitrogens with zero attached hydrogens (tertiary/aromatic N) is 2. The molecule has 0 bridgehead atoms. The van der Waals surface area contributed by atoms with E-state index in [9.17, 15) is 10.2 Å². The molecule has 0 amide bonds. The van der Waals surface area contributed by atoms with Gasteiger partial charge in [-0.2, -0.15) is 5.11 Å². The Hall–Kier alpha value is -0.740. The van der Waals surface area contributed by atoms with Crippen LogP contribution in [0.3, 0.4) is 0 Å². The van der Waals surface area contributed by atoms with E-state index in [0.29, 0.717) is 17.8 Å². The smallest absolute Gasteiger partial charge is 0.200 e. The van der Waals surface area contributed by atoms with Crippen LogP contribution in [0.15, 0.2) is 22.0 Å². The number of azo groups is 1. The molecule has 4 heteroatoms. The average Bonchev–Trinajstić information content (AvgIpc) is 3.01. The topological polar surface area (TPSA) is 65.2 Å². The highest BCUT2D eigenvalue weighted by molar-refractivity contribution is 5.27. The highest BCUT2D eigenvalue weighted by Crippen LogP contribution is 2.69. The fourth-order valence-corrected chi connectivity index (χ4v) is 7.86. The number of aliphatic hydroxyl groups is 2. The van der Waals surface area contributed by atoms with Gasteiger partial charge in [0.15, 0.2) is 0 Å². The van der Waals surface area contributed by atoms with Crippen LogP contribution in [0.5, 0.6) is 0 Å². The molecule has 4 nitrogen and oxygen atoms in total. The molecule has 4 aliphatic carbocycles. The number of fused-ring (bicyclic) bond motifs is 6. The van der Waals surface area contributed by atoms with Crippen molar-refractivity contribution in [1.29, 1.82) is 0 Å². The molecule has 0 aromatic heterocycles. The minimum atomic E-state index is -1.00. The molecule has 5 aliphatic rings. The third-order valence-corrected chi connectivity index (χ3v) is 9.68. The van der Waals surface area contributed by atoms with Crippen LogP contribution < -0.4 is 0 Å². The van der Waals surface area contributed by atoms with Gasteiger partial charge in [-0.3, -0.25) is 0 Å². The molecule has 5 rings (SSSR count). The second-order valence-corrected chi connectivity index (χ2v) is 10.5. The molecule has 2 N–H and O–H groups in total. The Morgan fingerprint density at radius 3 is 2.56 bits per heavy atom. The van der Waals surface area contributed by atoms with Gasteiger partial charge in [-0.05, 0) is 86.4 Å². The maximum Gasteiger partial charge on any atom is 0.200 e. The molecule has 8 atom stereocenters. The van der Waals surface area contributed by atoms with Gasteiger partial charge < -0.3 is 10.2 Å². The molecule has 0 spiro atoms. The average molecular weight is 344 g/mol. The Bertz CT molecular complexity index is 671. The number of hydrogen-bond donors (Lipinski definition) is 2. The largest absolute Gasteiger partial charge is 0.390 e. The zero-order valence-electron chi connectivity index (χ0n) is 15.8. The highest BCUT2D eigenvalue weighted by Gasteiger charge is 2.64. The highest BCUT2D eigenvalue weighted by atomic mass is 16.3. The quantitative estimate of drug-likeness (QED) is 0.683. The molecule has 1 aliphatic heterocycles. The number of hydrogen-bond acceptors (Lipinski definition) is 4. The number of rotatable bonds is 0. The SMILES string of the molecule is C[C@]12CC3=CN=NC3(O)C[C@@H]1CC[C@@H]1[C@@H]2CC[C@@]2(C)[C@H]1CC[C@]2(C)O. The summed E-state index contributed by atoms with van der Waals surface area (Å²) in [5, 5.41) is 30.1. The second kappa shape index (κ2) is 4.75. The molecule has 0 saturated heterocycles. The summed E-state index contributed by atoms with van der Waals surface area (Å²) < 4.78 is 0. The predicted octanol–water partition coefficient (Wildman–Crippen LogP) is 4.43. The summed E-state index contributed by atoms with van der Waals surface area (Å²) >= 11 is 0. The van der Waals surface area contributed by atoms with Crippen LogP contribution in [-0.4, -0.2) is 21.5 Å². The lowest BCUT2D eigenvalue weighted by Gasteiger charge is -2.62. The predicted molar refractivity (Wildman–Crippen MR) is 95.6 cm³/mol. The first-order chi connectivity index (χ1) is 11.7. The van der Waals surface area contributed by atoms with Crippen LogP contribution in [-0.2, 0) is 0 Å². The summed E-state index contributed by atoms with van der Waals surface area (Å²) in [5.41, 5.74) is -0.120. The first kappa shape index (κ1) is 16.4. The van der Waals surface area contributed by atoms with Gasteiger partial charge in [0.2, 0.25) is 5.72 Å². The Balaban J connectivity index is 1.49. The Labute approximate surface area is 150 Å². The molecule has 25 heavy (non-hydrogen) atoms. The van der Waals surface area contributed by atoms with Crippen LogP contribution in [0.4, 0.5) is 0 Å². The normalized spacial score (nSPS) is 59.6. The molecule has 4 fully saturated rings. The molecular weight excluding hydrogens is 312 g/mol. The van der Waals surface area contributed by atoms with Gasteiger partial charge in [0.05, 0.1) is 11.8 Å². The molecule has 0 aromatic rings. The molecule has 0 radical (unpaired) electrons.